The topological polar surface area (TPSA) is 112 Å². The molecule has 102 valence electrons. The number of carboxylic acids is 3. The van der Waals surface area contributed by atoms with Crippen molar-refractivity contribution in [2.75, 3.05) is 0 Å². The van der Waals surface area contributed by atoms with Crippen LogP contribution in [0.3, 0.4) is 0 Å². The van der Waals surface area contributed by atoms with Gasteiger partial charge in [-0.05, 0) is 19.8 Å². The van der Waals surface area contributed by atoms with Crippen molar-refractivity contribution >= 4 is 17.9 Å². The molecule has 0 aromatic heterocycles. The molecule has 6 heteroatoms. The zero-order valence-electron chi connectivity index (χ0n) is 10.3. The monoisotopic (exact) mass is 258 g/mol. The summed E-state index contributed by atoms with van der Waals surface area (Å²) in [5, 5.41) is 24.6. The van der Waals surface area contributed by atoms with Gasteiger partial charge in [-0.25, -0.2) is 9.59 Å². The van der Waals surface area contributed by atoms with Crippen molar-refractivity contribution in [1.29, 1.82) is 0 Å². The fourth-order valence-corrected chi connectivity index (χ4v) is 1.60. The number of carboxylic acid groups (broad SMARTS) is 3. The molecule has 1 fully saturated rings. The van der Waals surface area contributed by atoms with E-state index in [0.717, 1.165) is 25.7 Å². The summed E-state index contributed by atoms with van der Waals surface area (Å²) in [5.74, 6) is -3.08. The van der Waals surface area contributed by atoms with Gasteiger partial charge in [-0.3, -0.25) is 4.79 Å². The molecule has 1 aliphatic rings. The molecule has 0 radical (unpaired) electrons. The van der Waals surface area contributed by atoms with E-state index in [-0.39, 0.29) is 11.5 Å². The van der Waals surface area contributed by atoms with Crippen LogP contribution in [0.5, 0.6) is 0 Å². The van der Waals surface area contributed by atoms with Crippen LogP contribution in [0.15, 0.2) is 11.6 Å². The van der Waals surface area contributed by atoms with Crippen molar-refractivity contribution in [3.05, 3.63) is 11.6 Å². The first-order valence-electron chi connectivity index (χ1n) is 5.72. The van der Waals surface area contributed by atoms with E-state index in [0.29, 0.717) is 6.08 Å². The fraction of sp³-hybridized carbons (Fsp3) is 0.583. The highest BCUT2D eigenvalue weighted by Gasteiger charge is 2.19. The molecule has 1 saturated carbocycles. The van der Waals surface area contributed by atoms with Crippen LogP contribution < -0.4 is 0 Å². The molecule has 0 aliphatic heterocycles. The Morgan fingerprint density at radius 2 is 1.50 bits per heavy atom. The van der Waals surface area contributed by atoms with E-state index in [9.17, 15) is 14.4 Å². The van der Waals surface area contributed by atoms with Gasteiger partial charge < -0.3 is 15.3 Å². The zero-order chi connectivity index (χ0) is 14.1. The first kappa shape index (κ1) is 16.1. The number of carbonyl (C=O) groups is 3. The van der Waals surface area contributed by atoms with E-state index < -0.39 is 17.9 Å². The van der Waals surface area contributed by atoms with Gasteiger partial charge >= 0.3 is 17.9 Å². The van der Waals surface area contributed by atoms with Gasteiger partial charge in [0, 0.05) is 11.6 Å². The van der Waals surface area contributed by atoms with E-state index >= 15 is 0 Å². The summed E-state index contributed by atoms with van der Waals surface area (Å²) in [6.07, 6.45) is 5.88. The Morgan fingerprint density at radius 1 is 1.00 bits per heavy atom. The Balaban J connectivity index is 0.000000321. The molecule has 6 nitrogen and oxygen atoms in total. The third kappa shape index (κ3) is 7.43. The highest BCUT2D eigenvalue weighted by atomic mass is 16.4. The minimum atomic E-state index is -1.24. The lowest BCUT2D eigenvalue weighted by molar-refractivity contribution is -0.142. The van der Waals surface area contributed by atoms with E-state index in [1.807, 2.05) is 0 Å². The van der Waals surface area contributed by atoms with E-state index in [1.54, 1.807) is 0 Å². The molecule has 3 N–H and O–H groups in total. The molecule has 0 bridgehead atoms. The lowest BCUT2D eigenvalue weighted by atomic mass is 9.90. The molecule has 0 atom stereocenters. The van der Waals surface area contributed by atoms with Crippen molar-refractivity contribution in [3.63, 3.8) is 0 Å². The van der Waals surface area contributed by atoms with Gasteiger partial charge in [0.15, 0.2) is 0 Å². The molecule has 0 spiro atoms. The van der Waals surface area contributed by atoms with Crippen LogP contribution in [-0.2, 0) is 14.4 Å². The number of aliphatic carboxylic acids is 3. The van der Waals surface area contributed by atoms with E-state index in [1.165, 1.54) is 13.3 Å². The zero-order valence-corrected chi connectivity index (χ0v) is 10.3. The fourth-order valence-electron chi connectivity index (χ4n) is 1.60. The predicted octanol–water partition coefficient (Wildman–Crippen LogP) is 1.75. The molecule has 0 amide bonds. The van der Waals surface area contributed by atoms with Crippen LogP contribution in [0.4, 0.5) is 0 Å². The van der Waals surface area contributed by atoms with E-state index in [2.05, 4.69) is 0 Å². The average molecular weight is 258 g/mol. The summed E-state index contributed by atoms with van der Waals surface area (Å²) in [6.45, 7) is 1.22. The van der Waals surface area contributed by atoms with E-state index in [4.69, 9.17) is 15.3 Å². The van der Waals surface area contributed by atoms with Gasteiger partial charge in [-0.15, -0.1) is 0 Å². The summed E-state index contributed by atoms with van der Waals surface area (Å²) in [4.78, 5) is 30.0. The Morgan fingerprint density at radius 3 is 1.72 bits per heavy atom. The molecular weight excluding hydrogens is 240 g/mol. The third-order valence-corrected chi connectivity index (χ3v) is 2.63. The molecule has 0 aromatic rings. The van der Waals surface area contributed by atoms with Gasteiger partial charge in [0.05, 0.1) is 5.92 Å². The molecule has 0 unspecified atom stereocenters. The summed E-state index contributed by atoms with van der Waals surface area (Å²) < 4.78 is 0. The van der Waals surface area contributed by atoms with Crippen molar-refractivity contribution in [2.45, 2.75) is 39.0 Å². The summed E-state index contributed by atoms with van der Waals surface area (Å²) in [6, 6.07) is 0. The van der Waals surface area contributed by atoms with Crippen LogP contribution in [0, 0.1) is 5.92 Å². The number of hydrogen-bond acceptors (Lipinski definition) is 3. The molecule has 1 rings (SSSR count). The van der Waals surface area contributed by atoms with Crippen molar-refractivity contribution in [1.82, 2.24) is 0 Å². The van der Waals surface area contributed by atoms with Gasteiger partial charge in [0.25, 0.3) is 0 Å². The molecule has 0 saturated heterocycles. The maximum Gasteiger partial charge on any atom is 0.331 e. The standard InChI is InChI=1S/C7H12O2.C5H6O4/c8-7(9)6-4-2-1-3-5-6;1-3(5(8)9)2-4(6)7/h6H,1-5H2,(H,8,9);2H,1H3,(H,6,7)(H,8,9). The lowest BCUT2D eigenvalue weighted by Gasteiger charge is -2.16. The Hall–Kier alpha value is -1.85. The molecule has 18 heavy (non-hydrogen) atoms. The van der Waals surface area contributed by atoms with Crippen molar-refractivity contribution in [3.8, 4) is 0 Å². The van der Waals surface area contributed by atoms with Crippen LogP contribution in [0.1, 0.15) is 39.0 Å². The van der Waals surface area contributed by atoms with Crippen LogP contribution in [-0.4, -0.2) is 33.2 Å². The predicted molar refractivity (Wildman–Crippen MR) is 63.2 cm³/mol. The van der Waals surface area contributed by atoms with Gasteiger partial charge in [0.2, 0.25) is 0 Å². The maximum atomic E-state index is 10.4. The smallest absolute Gasteiger partial charge is 0.331 e. The molecule has 0 aromatic carbocycles. The molecular formula is C12H18O6. The second-order valence-corrected chi connectivity index (χ2v) is 4.14. The normalized spacial score (nSPS) is 16.4. The van der Waals surface area contributed by atoms with Gasteiger partial charge in [-0.2, -0.15) is 0 Å². The quantitative estimate of drug-likeness (QED) is 0.665. The first-order chi connectivity index (χ1) is 8.34. The second kappa shape index (κ2) is 8.27. The summed E-state index contributed by atoms with van der Waals surface area (Å²) in [7, 11) is 0. The van der Waals surface area contributed by atoms with Gasteiger partial charge in [-0.1, -0.05) is 19.3 Å². The highest BCUT2D eigenvalue weighted by molar-refractivity contribution is 5.93. The first-order valence-corrected chi connectivity index (χ1v) is 5.72. The number of hydrogen-bond donors (Lipinski definition) is 3. The van der Waals surface area contributed by atoms with Crippen molar-refractivity contribution < 1.29 is 29.7 Å². The lowest BCUT2D eigenvalue weighted by Crippen LogP contribution is -2.16. The van der Waals surface area contributed by atoms with Crippen LogP contribution >= 0.6 is 0 Å². The summed E-state index contributed by atoms with van der Waals surface area (Å²) >= 11 is 0. The van der Waals surface area contributed by atoms with Gasteiger partial charge in [0.1, 0.15) is 0 Å². The molecule has 0 heterocycles. The molecule has 1 aliphatic carbocycles. The third-order valence-electron chi connectivity index (χ3n) is 2.63. The minimum Gasteiger partial charge on any atom is -0.481 e. The second-order valence-electron chi connectivity index (χ2n) is 4.14. The largest absolute Gasteiger partial charge is 0.481 e. The Bertz CT molecular complexity index is 338. The Kier molecular flexibility index (Phi) is 7.42. The number of rotatable bonds is 3. The maximum absolute atomic E-state index is 10.4. The van der Waals surface area contributed by atoms with Crippen LogP contribution in [0.2, 0.25) is 0 Å². The Labute approximate surface area is 105 Å². The minimum absolute atomic E-state index is 0.0289. The van der Waals surface area contributed by atoms with Crippen LogP contribution in [0.25, 0.3) is 0 Å². The average Bonchev–Trinajstić information content (AvgIpc) is 2.30. The SMILES string of the molecule is CC(=CC(=O)O)C(=O)O.O=C(O)C1CCCCC1. The van der Waals surface area contributed by atoms with Crippen molar-refractivity contribution in [2.24, 2.45) is 5.92 Å². The summed E-state index contributed by atoms with van der Waals surface area (Å²) in [5.41, 5.74) is -0.178. The highest BCUT2D eigenvalue weighted by Crippen LogP contribution is 2.23.